The van der Waals surface area contributed by atoms with E-state index in [1.807, 2.05) is 24.3 Å². The molecule has 2 aromatic carbocycles. The molecule has 27 heavy (non-hydrogen) atoms. The zero-order valence-corrected chi connectivity index (χ0v) is 16.0. The number of anilines is 1. The first-order valence-corrected chi connectivity index (χ1v) is 9.35. The number of nitrogens with one attached hydrogen (secondary N) is 1. The van der Waals surface area contributed by atoms with E-state index in [1.54, 1.807) is 24.3 Å². The Morgan fingerprint density at radius 3 is 2.33 bits per heavy atom. The molecule has 0 atom stereocenters. The Balaban J connectivity index is 1.74. The molecule has 0 bridgehead atoms. The van der Waals surface area contributed by atoms with Crippen molar-refractivity contribution in [3.8, 4) is 11.5 Å². The van der Waals surface area contributed by atoms with Crippen LogP contribution in [0.25, 0.3) is 0 Å². The molecular formula is C22H27NO4. The molecule has 144 valence electrons. The van der Waals surface area contributed by atoms with Crippen molar-refractivity contribution >= 4 is 17.4 Å². The van der Waals surface area contributed by atoms with Gasteiger partial charge in [-0.2, -0.15) is 0 Å². The van der Waals surface area contributed by atoms with Gasteiger partial charge in [0.2, 0.25) is 5.91 Å². The van der Waals surface area contributed by atoms with E-state index >= 15 is 0 Å². The van der Waals surface area contributed by atoms with Gasteiger partial charge in [0.05, 0.1) is 18.9 Å². The van der Waals surface area contributed by atoms with Crippen molar-refractivity contribution in [1.29, 1.82) is 0 Å². The van der Waals surface area contributed by atoms with Gasteiger partial charge in [0.25, 0.3) is 0 Å². The molecule has 0 fully saturated rings. The third kappa shape index (κ3) is 7.13. The molecule has 2 aromatic rings. The van der Waals surface area contributed by atoms with Crippen molar-refractivity contribution in [2.75, 3.05) is 18.5 Å². The predicted octanol–water partition coefficient (Wildman–Crippen LogP) is 4.87. The van der Waals surface area contributed by atoms with E-state index in [9.17, 15) is 9.59 Å². The minimum absolute atomic E-state index is 0.0252. The van der Waals surface area contributed by atoms with Gasteiger partial charge < -0.3 is 14.8 Å². The molecule has 0 saturated heterocycles. The van der Waals surface area contributed by atoms with E-state index < -0.39 is 0 Å². The minimum Gasteiger partial charge on any atom is -0.494 e. The van der Waals surface area contributed by atoms with Crippen LogP contribution < -0.4 is 14.8 Å². The van der Waals surface area contributed by atoms with Crippen molar-refractivity contribution in [2.45, 2.75) is 39.5 Å². The van der Waals surface area contributed by atoms with E-state index in [0.29, 0.717) is 48.8 Å². The number of amides is 1. The first-order chi connectivity index (χ1) is 13.1. The summed E-state index contributed by atoms with van der Waals surface area (Å²) in [6, 6.07) is 14.5. The van der Waals surface area contributed by atoms with Crippen molar-refractivity contribution in [3.63, 3.8) is 0 Å². The minimum atomic E-state index is -0.0722. The molecule has 5 nitrogen and oxygen atoms in total. The highest BCUT2D eigenvalue weighted by molar-refractivity contribution is 5.94. The molecule has 5 heteroatoms. The average molecular weight is 369 g/mol. The number of hydrogen-bond donors (Lipinski definition) is 1. The van der Waals surface area contributed by atoms with Gasteiger partial charge in [-0.05, 0) is 56.2 Å². The van der Waals surface area contributed by atoms with Crippen LogP contribution in [0, 0.1) is 0 Å². The molecule has 0 aliphatic rings. The number of hydrogen-bond acceptors (Lipinski definition) is 4. The van der Waals surface area contributed by atoms with Crippen LogP contribution in [0.3, 0.4) is 0 Å². The number of rotatable bonds is 11. The maximum atomic E-state index is 12.2. The molecule has 0 saturated carbocycles. The van der Waals surface area contributed by atoms with Gasteiger partial charge in [0.1, 0.15) is 11.5 Å². The van der Waals surface area contributed by atoms with Gasteiger partial charge >= 0.3 is 0 Å². The number of ether oxygens (including phenoxy) is 2. The Morgan fingerprint density at radius 1 is 0.926 bits per heavy atom. The van der Waals surface area contributed by atoms with E-state index in [1.165, 1.54) is 6.92 Å². The topological polar surface area (TPSA) is 64.6 Å². The van der Waals surface area contributed by atoms with Gasteiger partial charge in [-0.25, -0.2) is 0 Å². The Bertz CT molecular complexity index is 740. The first-order valence-electron chi connectivity index (χ1n) is 9.35. The third-order valence-corrected chi connectivity index (χ3v) is 3.99. The molecule has 0 radical (unpaired) electrons. The largest absolute Gasteiger partial charge is 0.494 e. The number of unbranched alkanes of at least 4 members (excludes halogenated alkanes) is 1. The average Bonchev–Trinajstić information content (AvgIpc) is 2.67. The highest BCUT2D eigenvalue weighted by Crippen LogP contribution is 2.24. The second-order valence-electron chi connectivity index (χ2n) is 6.28. The fourth-order valence-electron chi connectivity index (χ4n) is 2.44. The van der Waals surface area contributed by atoms with E-state index in [0.717, 1.165) is 12.8 Å². The van der Waals surface area contributed by atoms with Crippen LogP contribution >= 0.6 is 0 Å². The summed E-state index contributed by atoms with van der Waals surface area (Å²) < 4.78 is 11.3. The molecule has 1 amide bonds. The van der Waals surface area contributed by atoms with Crippen LogP contribution in [0.2, 0.25) is 0 Å². The lowest BCUT2D eigenvalue weighted by Gasteiger charge is -2.12. The lowest BCUT2D eigenvalue weighted by atomic mass is 10.1. The maximum Gasteiger partial charge on any atom is 0.224 e. The number of carbonyl (C=O) groups excluding carboxylic acids is 2. The summed E-state index contributed by atoms with van der Waals surface area (Å²) in [6.07, 6.45) is 2.99. The first kappa shape index (κ1) is 20.5. The molecule has 1 N–H and O–H groups in total. The maximum absolute atomic E-state index is 12.2. The standard InChI is InChI=1S/C22H27NO4/c1-3-4-15-27-21-9-6-5-8-20(21)23-22(25)10-7-16-26-19-13-11-18(12-14-19)17(2)24/h5-6,8-9,11-14H,3-4,7,10,15-16H2,1-2H3,(H,23,25). The Kier molecular flexibility index (Phi) is 8.36. The zero-order valence-electron chi connectivity index (χ0n) is 16.0. The molecule has 0 aliphatic heterocycles. The number of ketones is 1. The summed E-state index contributed by atoms with van der Waals surface area (Å²) >= 11 is 0. The van der Waals surface area contributed by atoms with Crippen LogP contribution in [-0.4, -0.2) is 24.9 Å². The van der Waals surface area contributed by atoms with Gasteiger partial charge in [0, 0.05) is 12.0 Å². The Hall–Kier alpha value is -2.82. The van der Waals surface area contributed by atoms with Gasteiger partial charge in [-0.15, -0.1) is 0 Å². The van der Waals surface area contributed by atoms with Crippen LogP contribution in [0.4, 0.5) is 5.69 Å². The zero-order chi connectivity index (χ0) is 19.5. The lowest BCUT2D eigenvalue weighted by Crippen LogP contribution is -2.14. The molecule has 0 unspecified atom stereocenters. The SMILES string of the molecule is CCCCOc1ccccc1NC(=O)CCCOc1ccc(C(C)=O)cc1. The van der Waals surface area contributed by atoms with Gasteiger partial charge in [0.15, 0.2) is 5.78 Å². The fourth-order valence-corrected chi connectivity index (χ4v) is 2.44. The van der Waals surface area contributed by atoms with E-state index in [-0.39, 0.29) is 11.7 Å². The summed E-state index contributed by atoms with van der Waals surface area (Å²) in [5.74, 6) is 1.34. The Morgan fingerprint density at radius 2 is 1.63 bits per heavy atom. The number of Topliss-reactive ketones (excluding diaryl/α,β-unsaturated/α-hetero) is 1. The van der Waals surface area contributed by atoms with Crippen molar-refractivity contribution in [2.24, 2.45) is 0 Å². The summed E-state index contributed by atoms with van der Waals surface area (Å²) in [6.45, 7) is 4.71. The van der Waals surface area contributed by atoms with Crippen molar-refractivity contribution < 1.29 is 19.1 Å². The fraction of sp³-hybridized carbons (Fsp3) is 0.364. The highest BCUT2D eigenvalue weighted by atomic mass is 16.5. The molecule has 0 aromatic heterocycles. The molecule has 2 rings (SSSR count). The molecule has 0 spiro atoms. The van der Waals surface area contributed by atoms with Crippen LogP contribution in [0.5, 0.6) is 11.5 Å². The number of para-hydroxylation sites is 2. The lowest BCUT2D eigenvalue weighted by molar-refractivity contribution is -0.116. The monoisotopic (exact) mass is 369 g/mol. The third-order valence-electron chi connectivity index (χ3n) is 3.99. The van der Waals surface area contributed by atoms with Crippen LogP contribution in [0.15, 0.2) is 48.5 Å². The second-order valence-corrected chi connectivity index (χ2v) is 6.28. The summed E-state index contributed by atoms with van der Waals surface area (Å²) in [7, 11) is 0. The van der Waals surface area contributed by atoms with Crippen molar-refractivity contribution in [1.82, 2.24) is 0 Å². The second kappa shape index (κ2) is 11.0. The predicted molar refractivity (Wildman–Crippen MR) is 107 cm³/mol. The molecule has 0 aliphatic carbocycles. The Labute approximate surface area is 160 Å². The smallest absolute Gasteiger partial charge is 0.224 e. The molecular weight excluding hydrogens is 342 g/mol. The van der Waals surface area contributed by atoms with E-state index in [2.05, 4.69) is 12.2 Å². The molecule has 0 heterocycles. The van der Waals surface area contributed by atoms with E-state index in [4.69, 9.17) is 9.47 Å². The number of carbonyl (C=O) groups is 2. The van der Waals surface area contributed by atoms with Crippen molar-refractivity contribution in [3.05, 3.63) is 54.1 Å². The highest BCUT2D eigenvalue weighted by Gasteiger charge is 2.08. The summed E-state index contributed by atoms with van der Waals surface area (Å²) in [5, 5.41) is 2.90. The van der Waals surface area contributed by atoms with Gasteiger partial charge in [-0.3, -0.25) is 9.59 Å². The normalized spacial score (nSPS) is 10.3. The van der Waals surface area contributed by atoms with Gasteiger partial charge in [-0.1, -0.05) is 25.5 Å². The summed E-state index contributed by atoms with van der Waals surface area (Å²) in [5.41, 5.74) is 1.35. The number of benzene rings is 2. The van der Waals surface area contributed by atoms with Crippen LogP contribution in [-0.2, 0) is 4.79 Å². The summed E-state index contributed by atoms with van der Waals surface area (Å²) in [4.78, 5) is 23.4. The quantitative estimate of drug-likeness (QED) is 0.453. The van der Waals surface area contributed by atoms with Crippen LogP contribution in [0.1, 0.15) is 49.9 Å².